The van der Waals surface area contributed by atoms with Crippen LogP contribution in [0.2, 0.25) is 5.15 Å². The summed E-state index contributed by atoms with van der Waals surface area (Å²) >= 11 is 5.50. The van der Waals surface area contributed by atoms with E-state index in [2.05, 4.69) is 9.72 Å². The van der Waals surface area contributed by atoms with Crippen molar-refractivity contribution < 1.29 is 18.3 Å². The summed E-state index contributed by atoms with van der Waals surface area (Å²) in [5.74, 6) is -0.0455. The number of methoxy groups -OCH3 is 1. The third-order valence-corrected chi connectivity index (χ3v) is 1.87. The lowest BCUT2D eigenvalue weighted by molar-refractivity contribution is 0.110. The quantitative estimate of drug-likeness (QED) is 0.582. The number of hydrogen-bond donors (Lipinski definition) is 0. The average molecular weight is 222 g/mol. The molecule has 0 aromatic carbocycles. The van der Waals surface area contributed by atoms with E-state index in [-0.39, 0.29) is 22.9 Å². The largest absolute Gasteiger partial charge is 0.481 e. The monoisotopic (exact) mass is 221 g/mol. The zero-order valence-electron chi connectivity index (χ0n) is 7.13. The molecule has 0 aliphatic rings. The van der Waals surface area contributed by atoms with Crippen molar-refractivity contribution in [1.82, 2.24) is 4.98 Å². The lowest BCUT2D eigenvalue weighted by atomic mass is 10.1. The van der Waals surface area contributed by atoms with Crippen LogP contribution < -0.4 is 4.74 Å². The molecular weight excluding hydrogens is 216 g/mol. The van der Waals surface area contributed by atoms with E-state index in [9.17, 15) is 13.6 Å². The molecular formula is C8H6ClF2NO2. The van der Waals surface area contributed by atoms with Gasteiger partial charge in [-0.15, -0.1) is 0 Å². The highest BCUT2D eigenvalue weighted by Gasteiger charge is 2.18. The number of ether oxygens (including phenoxy) is 1. The highest BCUT2D eigenvalue weighted by Crippen LogP contribution is 2.29. The van der Waals surface area contributed by atoms with Crippen molar-refractivity contribution >= 4 is 17.9 Å². The van der Waals surface area contributed by atoms with Crippen molar-refractivity contribution in [2.75, 3.05) is 7.11 Å². The van der Waals surface area contributed by atoms with Gasteiger partial charge < -0.3 is 4.74 Å². The zero-order chi connectivity index (χ0) is 10.7. The minimum Gasteiger partial charge on any atom is -0.481 e. The Morgan fingerprint density at radius 3 is 2.71 bits per heavy atom. The fraction of sp³-hybridized carbons (Fsp3) is 0.250. The summed E-state index contributed by atoms with van der Waals surface area (Å²) in [7, 11) is 1.27. The van der Waals surface area contributed by atoms with Crippen LogP contribution >= 0.6 is 11.6 Å². The van der Waals surface area contributed by atoms with E-state index in [1.807, 2.05) is 0 Å². The van der Waals surface area contributed by atoms with E-state index in [0.717, 1.165) is 6.07 Å². The van der Waals surface area contributed by atoms with Gasteiger partial charge in [-0.1, -0.05) is 11.6 Å². The second-order valence-corrected chi connectivity index (χ2v) is 2.73. The van der Waals surface area contributed by atoms with Crippen molar-refractivity contribution in [3.63, 3.8) is 0 Å². The molecule has 1 aromatic heterocycles. The van der Waals surface area contributed by atoms with Crippen LogP contribution in [0.15, 0.2) is 6.07 Å². The lowest BCUT2D eigenvalue weighted by Gasteiger charge is -2.07. The standard InChI is InChI=1S/C8H6ClF2NO2/c1-14-6-2-4(8(10)11)5(3-13)7(9)12-6/h2-3,8H,1H3. The Morgan fingerprint density at radius 2 is 2.29 bits per heavy atom. The van der Waals surface area contributed by atoms with E-state index in [1.54, 1.807) is 0 Å². The number of aromatic nitrogens is 1. The normalized spacial score (nSPS) is 10.4. The average Bonchev–Trinajstić information content (AvgIpc) is 2.16. The number of nitrogens with zero attached hydrogens (tertiary/aromatic N) is 1. The first kappa shape index (κ1) is 10.8. The summed E-state index contributed by atoms with van der Waals surface area (Å²) in [6, 6.07) is 0.986. The highest BCUT2D eigenvalue weighted by molar-refractivity contribution is 6.32. The van der Waals surface area contributed by atoms with Gasteiger partial charge in [-0.05, 0) is 0 Å². The first-order valence-corrected chi connectivity index (χ1v) is 3.95. The Hall–Kier alpha value is -1.23. The molecule has 3 nitrogen and oxygen atoms in total. The first-order valence-electron chi connectivity index (χ1n) is 3.58. The SMILES string of the molecule is COc1cc(C(F)F)c(C=O)c(Cl)n1. The molecule has 0 aliphatic carbocycles. The van der Waals surface area contributed by atoms with Gasteiger partial charge in [0.25, 0.3) is 6.43 Å². The van der Waals surface area contributed by atoms with Crippen LogP contribution in [0.5, 0.6) is 5.88 Å². The van der Waals surface area contributed by atoms with Crippen LogP contribution in [0, 0.1) is 0 Å². The molecule has 1 heterocycles. The number of pyridine rings is 1. The van der Waals surface area contributed by atoms with Crippen LogP contribution in [0.3, 0.4) is 0 Å². The van der Waals surface area contributed by atoms with Gasteiger partial charge in [-0.2, -0.15) is 0 Å². The molecule has 14 heavy (non-hydrogen) atoms. The fourth-order valence-electron chi connectivity index (χ4n) is 0.921. The van der Waals surface area contributed by atoms with E-state index in [0.29, 0.717) is 0 Å². The Morgan fingerprint density at radius 1 is 1.64 bits per heavy atom. The van der Waals surface area contributed by atoms with Crippen LogP contribution in [-0.2, 0) is 0 Å². The molecule has 1 rings (SSSR count). The Balaban J connectivity index is 3.35. The predicted octanol–water partition coefficient (Wildman–Crippen LogP) is 2.49. The van der Waals surface area contributed by atoms with Crippen molar-refractivity contribution in [3.05, 3.63) is 22.3 Å². The lowest BCUT2D eigenvalue weighted by Crippen LogP contribution is -1.99. The van der Waals surface area contributed by atoms with Gasteiger partial charge in [0, 0.05) is 11.6 Å². The van der Waals surface area contributed by atoms with E-state index < -0.39 is 12.0 Å². The smallest absolute Gasteiger partial charge is 0.264 e. The van der Waals surface area contributed by atoms with Gasteiger partial charge in [-0.3, -0.25) is 4.79 Å². The van der Waals surface area contributed by atoms with Gasteiger partial charge in [0.2, 0.25) is 5.88 Å². The number of halogens is 3. The zero-order valence-corrected chi connectivity index (χ0v) is 7.89. The molecule has 0 saturated carbocycles. The highest BCUT2D eigenvalue weighted by atomic mass is 35.5. The molecule has 0 radical (unpaired) electrons. The third-order valence-electron chi connectivity index (χ3n) is 1.58. The first-order chi connectivity index (χ1) is 6.60. The Kier molecular flexibility index (Phi) is 3.35. The third kappa shape index (κ3) is 1.98. The number of carbonyl (C=O) groups is 1. The van der Waals surface area contributed by atoms with Crippen molar-refractivity contribution in [2.24, 2.45) is 0 Å². The van der Waals surface area contributed by atoms with E-state index in [1.165, 1.54) is 7.11 Å². The van der Waals surface area contributed by atoms with Gasteiger partial charge in [0.05, 0.1) is 12.7 Å². The molecule has 0 bridgehead atoms. The molecule has 1 aromatic rings. The number of aldehydes is 1. The van der Waals surface area contributed by atoms with Gasteiger partial charge in [0.15, 0.2) is 6.29 Å². The molecule has 6 heteroatoms. The summed E-state index contributed by atoms with van der Waals surface area (Å²) in [5, 5.41) is -0.283. The molecule has 0 fully saturated rings. The van der Waals surface area contributed by atoms with Gasteiger partial charge >= 0.3 is 0 Å². The number of carbonyl (C=O) groups excluding carboxylic acids is 1. The predicted molar refractivity (Wildman–Crippen MR) is 46.1 cm³/mol. The van der Waals surface area contributed by atoms with E-state index in [4.69, 9.17) is 11.6 Å². The number of alkyl halides is 2. The molecule has 76 valence electrons. The summed E-state index contributed by atoms with van der Waals surface area (Å²) < 4.78 is 29.5. The Labute approximate surface area is 83.7 Å². The summed E-state index contributed by atoms with van der Waals surface area (Å²) in [6.45, 7) is 0. The fourth-order valence-corrected chi connectivity index (χ4v) is 1.16. The molecule has 0 atom stereocenters. The maximum absolute atomic E-state index is 12.4. The van der Waals surface area contributed by atoms with Gasteiger partial charge in [0.1, 0.15) is 5.15 Å². The minimum absolute atomic E-state index is 0.0455. The maximum Gasteiger partial charge on any atom is 0.264 e. The Bertz CT molecular complexity index is 357. The molecule has 0 unspecified atom stereocenters. The van der Waals surface area contributed by atoms with Crippen LogP contribution in [-0.4, -0.2) is 18.4 Å². The second kappa shape index (κ2) is 4.32. The topological polar surface area (TPSA) is 39.2 Å². The second-order valence-electron chi connectivity index (χ2n) is 2.38. The number of hydrogen-bond acceptors (Lipinski definition) is 3. The molecule has 0 saturated heterocycles. The van der Waals surface area contributed by atoms with Crippen LogP contribution in [0.4, 0.5) is 8.78 Å². The van der Waals surface area contributed by atoms with Crippen LogP contribution in [0.25, 0.3) is 0 Å². The number of rotatable bonds is 3. The van der Waals surface area contributed by atoms with Gasteiger partial charge in [-0.25, -0.2) is 13.8 Å². The van der Waals surface area contributed by atoms with Crippen LogP contribution in [0.1, 0.15) is 22.3 Å². The molecule has 0 N–H and O–H groups in total. The van der Waals surface area contributed by atoms with Crippen molar-refractivity contribution in [2.45, 2.75) is 6.43 Å². The summed E-state index contributed by atoms with van der Waals surface area (Å²) in [6.07, 6.45) is -2.54. The minimum atomic E-state index is -2.79. The maximum atomic E-state index is 12.4. The van der Waals surface area contributed by atoms with Crippen molar-refractivity contribution in [3.8, 4) is 5.88 Å². The molecule has 0 amide bonds. The summed E-state index contributed by atoms with van der Waals surface area (Å²) in [5.41, 5.74) is -0.778. The molecule has 0 aliphatic heterocycles. The summed E-state index contributed by atoms with van der Waals surface area (Å²) in [4.78, 5) is 14.0. The van der Waals surface area contributed by atoms with E-state index >= 15 is 0 Å². The van der Waals surface area contributed by atoms with Crippen molar-refractivity contribution in [1.29, 1.82) is 0 Å². The molecule has 0 spiro atoms.